The monoisotopic (exact) mass is 285 g/mol. The van der Waals surface area contributed by atoms with Gasteiger partial charge >= 0.3 is 0 Å². The van der Waals surface area contributed by atoms with Crippen LogP contribution in [0.3, 0.4) is 0 Å². The third-order valence-electron chi connectivity index (χ3n) is 3.72. The summed E-state index contributed by atoms with van der Waals surface area (Å²) in [6.45, 7) is 8.93. The molecule has 4 nitrogen and oxygen atoms in total. The third-order valence-corrected chi connectivity index (χ3v) is 3.72. The molecule has 2 N–H and O–H groups in total. The lowest BCUT2D eigenvalue weighted by atomic mass is 10.00. The Morgan fingerprint density at radius 3 is 2.48 bits per heavy atom. The SMILES string of the molecule is CCNc1ncc(C(=O)NC(C)(C)CC)c2ccccc12. The maximum absolute atomic E-state index is 12.5. The Bertz CT molecular complexity index is 650. The van der Waals surface area contributed by atoms with Gasteiger partial charge in [-0.3, -0.25) is 4.79 Å². The van der Waals surface area contributed by atoms with Crippen molar-refractivity contribution in [3.63, 3.8) is 0 Å². The largest absolute Gasteiger partial charge is 0.370 e. The fourth-order valence-electron chi connectivity index (χ4n) is 2.14. The Labute approximate surface area is 126 Å². The van der Waals surface area contributed by atoms with E-state index in [1.165, 1.54) is 0 Å². The van der Waals surface area contributed by atoms with Crippen LogP contribution in [-0.4, -0.2) is 23.0 Å². The minimum atomic E-state index is -0.224. The highest BCUT2D eigenvalue weighted by Crippen LogP contribution is 2.24. The van der Waals surface area contributed by atoms with Crippen LogP contribution in [0.15, 0.2) is 30.5 Å². The molecular weight excluding hydrogens is 262 g/mol. The molecule has 0 spiro atoms. The molecule has 1 aromatic carbocycles. The van der Waals surface area contributed by atoms with E-state index in [1.807, 2.05) is 45.0 Å². The summed E-state index contributed by atoms with van der Waals surface area (Å²) in [5.74, 6) is 0.744. The van der Waals surface area contributed by atoms with Crippen molar-refractivity contribution in [2.45, 2.75) is 39.7 Å². The molecule has 1 amide bonds. The van der Waals surface area contributed by atoms with Crippen molar-refractivity contribution in [1.82, 2.24) is 10.3 Å². The van der Waals surface area contributed by atoms with Crippen molar-refractivity contribution >= 4 is 22.5 Å². The molecule has 2 rings (SSSR count). The number of anilines is 1. The maximum atomic E-state index is 12.5. The standard InChI is InChI=1S/C17H23N3O/c1-5-17(3,4)20-16(21)14-11-19-15(18-6-2)13-10-8-7-9-12(13)14/h7-11H,5-6H2,1-4H3,(H,18,19)(H,20,21). The summed E-state index contributed by atoms with van der Waals surface area (Å²) in [5, 5.41) is 8.20. The van der Waals surface area contributed by atoms with Crippen molar-refractivity contribution in [2.24, 2.45) is 0 Å². The highest BCUT2D eigenvalue weighted by molar-refractivity contribution is 6.09. The minimum absolute atomic E-state index is 0.0754. The number of amides is 1. The number of nitrogens with zero attached hydrogens (tertiary/aromatic N) is 1. The summed E-state index contributed by atoms with van der Waals surface area (Å²) in [6, 6.07) is 7.86. The Hall–Kier alpha value is -2.10. The number of carbonyl (C=O) groups excluding carboxylic acids is 1. The van der Waals surface area contributed by atoms with E-state index in [-0.39, 0.29) is 11.4 Å². The average molecular weight is 285 g/mol. The van der Waals surface area contributed by atoms with Gasteiger partial charge in [0, 0.05) is 23.7 Å². The number of rotatable bonds is 5. The molecule has 1 heterocycles. The minimum Gasteiger partial charge on any atom is -0.370 e. The number of nitrogens with one attached hydrogen (secondary N) is 2. The zero-order valence-corrected chi connectivity index (χ0v) is 13.2. The topological polar surface area (TPSA) is 54.0 Å². The molecule has 0 unspecified atom stereocenters. The fraction of sp³-hybridized carbons (Fsp3) is 0.412. The second kappa shape index (κ2) is 6.12. The summed E-state index contributed by atoms with van der Waals surface area (Å²) in [5.41, 5.74) is 0.396. The van der Waals surface area contributed by atoms with Crippen LogP contribution in [0, 0.1) is 0 Å². The van der Waals surface area contributed by atoms with Gasteiger partial charge in [0.25, 0.3) is 5.91 Å². The van der Waals surface area contributed by atoms with Crippen LogP contribution in [-0.2, 0) is 0 Å². The van der Waals surface area contributed by atoms with Gasteiger partial charge in [0.1, 0.15) is 5.82 Å². The molecule has 21 heavy (non-hydrogen) atoms. The van der Waals surface area contributed by atoms with Crippen LogP contribution in [0.25, 0.3) is 10.8 Å². The molecule has 0 saturated heterocycles. The van der Waals surface area contributed by atoms with Gasteiger partial charge in [-0.25, -0.2) is 4.98 Å². The van der Waals surface area contributed by atoms with E-state index in [0.717, 1.165) is 29.6 Å². The van der Waals surface area contributed by atoms with Crippen molar-refractivity contribution in [1.29, 1.82) is 0 Å². The molecule has 0 radical (unpaired) electrons. The predicted octanol–water partition coefficient (Wildman–Crippen LogP) is 3.59. The number of hydrogen-bond acceptors (Lipinski definition) is 3. The van der Waals surface area contributed by atoms with E-state index >= 15 is 0 Å². The Kier molecular flexibility index (Phi) is 4.46. The molecule has 0 aliphatic carbocycles. The van der Waals surface area contributed by atoms with Crippen LogP contribution < -0.4 is 10.6 Å². The normalized spacial score (nSPS) is 11.4. The zero-order chi connectivity index (χ0) is 15.5. The summed E-state index contributed by atoms with van der Waals surface area (Å²) in [4.78, 5) is 16.9. The number of pyridine rings is 1. The van der Waals surface area contributed by atoms with E-state index in [4.69, 9.17) is 0 Å². The van der Waals surface area contributed by atoms with Gasteiger partial charge in [-0.2, -0.15) is 0 Å². The number of fused-ring (bicyclic) bond motifs is 1. The number of aromatic nitrogens is 1. The van der Waals surface area contributed by atoms with Crippen LogP contribution in [0.1, 0.15) is 44.5 Å². The molecule has 1 aromatic heterocycles. The van der Waals surface area contributed by atoms with Crippen LogP contribution in [0.5, 0.6) is 0 Å². The molecule has 0 aliphatic heterocycles. The Balaban J connectivity index is 2.46. The second-order valence-corrected chi connectivity index (χ2v) is 5.79. The first-order valence-electron chi connectivity index (χ1n) is 7.42. The molecule has 0 fully saturated rings. The van der Waals surface area contributed by atoms with Gasteiger partial charge < -0.3 is 10.6 Å². The summed E-state index contributed by atoms with van der Waals surface area (Å²) < 4.78 is 0. The van der Waals surface area contributed by atoms with Gasteiger partial charge in [0.2, 0.25) is 0 Å². The van der Waals surface area contributed by atoms with E-state index in [1.54, 1.807) is 6.20 Å². The van der Waals surface area contributed by atoms with Crippen molar-refractivity contribution in [2.75, 3.05) is 11.9 Å². The first-order valence-corrected chi connectivity index (χ1v) is 7.42. The molecule has 4 heteroatoms. The lowest BCUT2D eigenvalue weighted by Crippen LogP contribution is -2.42. The molecule has 2 aromatic rings. The van der Waals surface area contributed by atoms with Crippen LogP contribution in [0.4, 0.5) is 5.82 Å². The first-order chi connectivity index (χ1) is 9.98. The quantitative estimate of drug-likeness (QED) is 0.882. The lowest BCUT2D eigenvalue weighted by Gasteiger charge is -2.24. The first kappa shape index (κ1) is 15.3. The van der Waals surface area contributed by atoms with Crippen molar-refractivity contribution in [3.8, 4) is 0 Å². The van der Waals surface area contributed by atoms with Crippen molar-refractivity contribution < 1.29 is 4.79 Å². The van der Waals surface area contributed by atoms with Crippen LogP contribution >= 0.6 is 0 Å². The Morgan fingerprint density at radius 1 is 1.19 bits per heavy atom. The molecule has 112 valence electrons. The van der Waals surface area contributed by atoms with E-state index in [2.05, 4.69) is 22.5 Å². The summed E-state index contributed by atoms with van der Waals surface area (Å²) >= 11 is 0. The maximum Gasteiger partial charge on any atom is 0.253 e. The number of hydrogen-bond donors (Lipinski definition) is 2. The number of carbonyl (C=O) groups is 1. The van der Waals surface area contributed by atoms with Gasteiger partial charge in [-0.1, -0.05) is 31.2 Å². The fourth-order valence-corrected chi connectivity index (χ4v) is 2.14. The molecule has 0 aliphatic rings. The summed E-state index contributed by atoms with van der Waals surface area (Å²) in [6.07, 6.45) is 2.53. The lowest BCUT2D eigenvalue weighted by molar-refractivity contribution is 0.0912. The highest BCUT2D eigenvalue weighted by atomic mass is 16.1. The molecule has 0 saturated carbocycles. The van der Waals surface area contributed by atoms with Crippen molar-refractivity contribution in [3.05, 3.63) is 36.0 Å². The number of benzene rings is 1. The Morgan fingerprint density at radius 2 is 1.86 bits per heavy atom. The molecule has 0 bridgehead atoms. The smallest absolute Gasteiger partial charge is 0.253 e. The van der Waals surface area contributed by atoms with Gasteiger partial charge in [0.05, 0.1) is 5.56 Å². The third kappa shape index (κ3) is 3.32. The molecule has 0 atom stereocenters. The highest BCUT2D eigenvalue weighted by Gasteiger charge is 2.21. The molecular formula is C17H23N3O. The average Bonchev–Trinajstić information content (AvgIpc) is 2.47. The summed E-state index contributed by atoms with van der Waals surface area (Å²) in [7, 11) is 0. The van der Waals surface area contributed by atoms with E-state index < -0.39 is 0 Å². The van der Waals surface area contributed by atoms with Gasteiger partial charge in [-0.15, -0.1) is 0 Å². The van der Waals surface area contributed by atoms with Crippen LogP contribution in [0.2, 0.25) is 0 Å². The predicted molar refractivity (Wildman–Crippen MR) is 87.7 cm³/mol. The van der Waals surface area contributed by atoms with E-state index in [0.29, 0.717) is 5.56 Å². The van der Waals surface area contributed by atoms with Gasteiger partial charge in [0.15, 0.2) is 0 Å². The van der Waals surface area contributed by atoms with Gasteiger partial charge in [-0.05, 0) is 32.6 Å². The second-order valence-electron chi connectivity index (χ2n) is 5.79. The zero-order valence-electron chi connectivity index (χ0n) is 13.2. The van der Waals surface area contributed by atoms with E-state index in [9.17, 15) is 4.79 Å².